The molecule has 0 unspecified atom stereocenters. The van der Waals surface area contributed by atoms with Gasteiger partial charge < -0.3 is 5.32 Å². The maximum Gasteiger partial charge on any atom is 0.301 e. The maximum absolute atomic E-state index is 12.5. The van der Waals surface area contributed by atoms with E-state index in [1.54, 1.807) is 24.3 Å². The molecule has 0 radical (unpaired) electrons. The number of anilines is 1. The number of rotatable bonds is 5. The van der Waals surface area contributed by atoms with E-state index in [2.05, 4.69) is 35.2 Å². The summed E-state index contributed by atoms with van der Waals surface area (Å²) in [7, 11) is -0.658. The van der Waals surface area contributed by atoms with E-state index in [4.69, 9.17) is 0 Å². The summed E-state index contributed by atoms with van der Waals surface area (Å²) in [5, 5.41) is 3.07. The molecule has 0 saturated heterocycles. The fourth-order valence-electron chi connectivity index (χ4n) is 3.07. The highest BCUT2D eigenvalue weighted by Gasteiger charge is 2.24. The third-order valence-corrected chi connectivity index (χ3v) is 6.01. The fraction of sp³-hybridized carbons (Fsp3) is 0.316. The lowest BCUT2D eigenvalue weighted by atomic mass is 10.1. The lowest BCUT2D eigenvalue weighted by Gasteiger charge is -2.15. The Labute approximate surface area is 154 Å². The van der Waals surface area contributed by atoms with Gasteiger partial charge in [-0.2, -0.15) is 12.7 Å². The average Bonchev–Trinajstić information content (AvgIpc) is 2.97. The molecule has 0 aliphatic heterocycles. The predicted molar refractivity (Wildman–Crippen MR) is 102 cm³/mol. The van der Waals surface area contributed by atoms with Gasteiger partial charge in [0.1, 0.15) is 0 Å². The molecule has 7 heteroatoms. The number of carbonyl (C=O) groups is 1. The van der Waals surface area contributed by atoms with E-state index in [-0.39, 0.29) is 11.9 Å². The third kappa shape index (κ3) is 3.89. The predicted octanol–water partition coefficient (Wildman–Crippen LogP) is 2.63. The molecule has 1 aliphatic rings. The Hall–Kier alpha value is -2.38. The largest absolute Gasteiger partial charge is 0.345 e. The second-order valence-corrected chi connectivity index (χ2v) is 8.62. The van der Waals surface area contributed by atoms with Crippen LogP contribution in [-0.4, -0.2) is 32.7 Å². The summed E-state index contributed by atoms with van der Waals surface area (Å²) >= 11 is 0. The number of nitrogens with zero attached hydrogens (tertiary/aromatic N) is 1. The number of hydrogen-bond acceptors (Lipinski definition) is 3. The number of carbonyl (C=O) groups excluding carboxylic acids is 1. The monoisotopic (exact) mass is 373 g/mol. The second kappa shape index (κ2) is 7.09. The van der Waals surface area contributed by atoms with Gasteiger partial charge in [-0.3, -0.25) is 9.52 Å². The SMILES string of the molecule is Cc1ccc2c(c1)CC[C@H]2NC(=O)c1ccc(NS(=O)(=O)N(C)C)cc1. The Morgan fingerprint density at radius 2 is 1.81 bits per heavy atom. The molecule has 0 fully saturated rings. The third-order valence-electron chi connectivity index (χ3n) is 4.56. The van der Waals surface area contributed by atoms with Crippen LogP contribution in [0.15, 0.2) is 42.5 Å². The van der Waals surface area contributed by atoms with Crippen LogP contribution in [0.2, 0.25) is 0 Å². The van der Waals surface area contributed by atoms with Crippen LogP contribution in [0.4, 0.5) is 5.69 Å². The molecule has 2 aromatic rings. The quantitative estimate of drug-likeness (QED) is 0.846. The highest BCUT2D eigenvalue weighted by molar-refractivity contribution is 7.90. The Morgan fingerprint density at radius 3 is 2.46 bits per heavy atom. The molecular formula is C19H23N3O3S. The molecule has 1 aliphatic carbocycles. The highest BCUT2D eigenvalue weighted by atomic mass is 32.2. The van der Waals surface area contributed by atoms with Crippen molar-refractivity contribution in [2.45, 2.75) is 25.8 Å². The molecule has 138 valence electrons. The molecule has 0 bridgehead atoms. The van der Waals surface area contributed by atoms with Crippen LogP contribution in [0.3, 0.4) is 0 Å². The van der Waals surface area contributed by atoms with Gasteiger partial charge in [0.25, 0.3) is 5.91 Å². The van der Waals surface area contributed by atoms with Crippen LogP contribution in [0, 0.1) is 6.92 Å². The van der Waals surface area contributed by atoms with Crippen LogP contribution in [0.5, 0.6) is 0 Å². The second-order valence-electron chi connectivity index (χ2n) is 6.73. The molecule has 0 heterocycles. The van der Waals surface area contributed by atoms with Gasteiger partial charge in [0.15, 0.2) is 0 Å². The van der Waals surface area contributed by atoms with Crippen molar-refractivity contribution in [1.82, 2.24) is 9.62 Å². The zero-order valence-electron chi connectivity index (χ0n) is 15.1. The Morgan fingerprint density at radius 1 is 1.12 bits per heavy atom. The molecule has 1 amide bonds. The van der Waals surface area contributed by atoms with E-state index in [1.807, 2.05) is 0 Å². The Bertz CT molecular complexity index is 922. The first-order valence-corrected chi connectivity index (χ1v) is 9.91. The van der Waals surface area contributed by atoms with Crippen LogP contribution < -0.4 is 10.0 Å². The minimum Gasteiger partial charge on any atom is -0.345 e. The van der Waals surface area contributed by atoms with Crippen molar-refractivity contribution < 1.29 is 13.2 Å². The molecule has 0 saturated carbocycles. The molecule has 3 rings (SSSR count). The number of nitrogens with one attached hydrogen (secondary N) is 2. The van der Waals surface area contributed by atoms with Gasteiger partial charge in [0.2, 0.25) is 0 Å². The lowest BCUT2D eigenvalue weighted by molar-refractivity contribution is 0.0936. The molecule has 2 aromatic carbocycles. The van der Waals surface area contributed by atoms with Gasteiger partial charge in [-0.1, -0.05) is 23.8 Å². The molecule has 6 nitrogen and oxygen atoms in total. The van der Waals surface area contributed by atoms with E-state index in [0.29, 0.717) is 11.3 Å². The van der Waals surface area contributed by atoms with Crippen molar-refractivity contribution in [3.8, 4) is 0 Å². The van der Waals surface area contributed by atoms with E-state index < -0.39 is 10.2 Å². The summed E-state index contributed by atoms with van der Waals surface area (Å²) in [6.07, 6.45) is 1.86. The maximum atomic E-state index is 12.5. The van der Waals surface area contributed by atoms with Gasteiger partial charge in [-0.15, -0.1) is 0 Å². The number of aryl methyl sites for hydroxylation is 2. The van der Waals surface area contributed by atoms with Gasteiger partial charge >= 0.3 is 10.2 Å². The fourth-order valence-corrected chi connectivity index (χ4v) is 3.68. The smallest absolute Gasteiger partial charge is 0.301 e. The summed E-state index contributed by atoms with van der Waals surface area (Å²) in [4.78, 5) is 12.5. The molecule has 2 N–H and O–H groups in total. The van der Waals surface area contributed by atoms with Gasteiger partial charge in [-0.25, -0.2) is 0 Å². The number of hydrogen-bond donors (Lipinski definition) is 2. The highest BCUT2D eigenvalue weighted by Crippen LogP contribution is 2.31. The first kappa shape index (κ1) is 18.4. The standard InChI is InChI=1S/C19H23N3O3S/c1-13-4-10-17-15(12-13)7-11-18(17)20-19(23)14-5-8-16(9-6-14)21-26(24,25)22(2)3/h4-6,8-10,12,18,21H,7,11H2,1-3H3,(H,20,23)/t18-/m1/s1. The van der Waals surface area contributed by atoms with E-state index in [9.17, 15) is 13.2 Å². The minimum atomic E-state index is -3.56. The molecule has 26 heavy (non-hydrogen) atoms. The van der Waals surface area contributed by atoms with Crippen molar-refractivity contribution >= 4 is 21.8 Å². The first-order valence-electron chi connectivity index (χ1n) is 8.47. The van der Waals surface area contributed by atoms with Crippen LogP contribution >= 0.6 is 0 Å². The Balaban J connectivity index is 1.68. The van der Waals surface area contributed by atoms with E-state index >= 15 is 0 Å². The van der Waals surface area contributed by atoms with Crippen LogP contribution in [0.1, 0.15) is 39.5 Å². The van der Waals surface area contributed by atoms with Gasteiger partial charge in [-0.05, 0) is 55.2 Å². The number of fused-ring (bicyclic) bond motifs is 1. The number of amides is 1. The van der Waals surface area contributed by atoms with Crippen molar-refractivity contribution in [3.05, 3.63) is 64.7 Å². The van der Waals surface area contributed by atoms with Gasteiger partial charge in [0, 0.05) is 25.3 Å². The molecule has 0 aromatic heterocycles. The summed E-state index contributed by atoms with van der Waals surface area (Å²) in [5.74, 6) is -0.162. The molecule has 0 spiro atoms. The zero-order valence-corrected chi connectivity index (χ0v) is 15.9. The topological polar surface area (TPSA) is 78.5 Å². The van der Waals surface area contributed by atoms with Crippen molar-refractivity contribution in [3.63, 3.8) is 0 Å². The van der Waals surface area contributed by atoms with Crippen molar-refractivity contribution in [2.24, 2.45) is 0 Å². The number of benzene rings is 2. The molecule has 1 atom stereocenters. The van der Waals surface area contributed by atoms with Gasteiger partial charge in [0.05, 0.1) is 6.04 Å². The first-order chi connectivity index (χ1) is 12.3. The summed E-state index contributed by atoms with van der Waals surface area (Å²) in [5.41, 5.74) is 4.62. The summed E-state index contributed by atoms with van der Waals surface area (Å²) in [6, 6.07) is 12.8. The van der Waals surface area contributed by atoms with Crippen LogP contribution in [0.25, 0.3) is 0 Å². The lowest BCUT2D eigenvalue weighted by Crippen LogP contribution is -2.29. The van der Waals surface area contributed by atoms with Crippen molar-refractivity contribution in [1.29, 1.82) is 0 Å². The summed E-state index contributed by atoms with van der Waals surface area (Å²) < 4.78 is 27.2. The molecular weight excluding hydrogens is 350 g/mol. The van der Waals surface area contributed by atoms with E-state index in [1.165, 1.54) is 30.8 Å². The minimum absolute atomic E-state index is 0.0185. The van der Waals surface area contributed by atoms with Crippen molar-refractivity contribution in [2.75, 3.05) is 18.8 Å². The normalized spacial score (nSPS) is 16.4. The Kier molecular flexibility index (Phi) is 5.02. The zero-order chi connectivity index (χ0) is 18.9. The van der Waals surface area contributed by atoms with Crippen LogP contribution in [-0.2, 0) is 16.6 Å². The van der Waals surface area contributed by atoms with E-state index in [0.717, 1.165) is 17.1 Å². The average molecular weight is 373 g/mol. The summed E-state index contributed by atoms with van der Waals surface area (Å²) in [6.45, 7) is 2.07.